The zero-order chi connectivity index (χ0) is 19.6. The van der Waals surface area contributed by atoms with Crippen LogP contribution in [0.25, 0.3) is 42.9 Å². The second-order valence-corrected chi connectivity index (χ2v) is 8.20. The number of rotatable bonds is 5. The molecular weight excluding hydrogens is 374 g/mol. The van der Waals surface area contributed by atoms with E-state index in [9.17, 15) is 0 Å². The summed E-state index contributed by atoms with van der Waals surface area (Å²) in [5, 5.41) is 2.55. The summed E-state index contributed by atoms with van der Waals surface area (Å²) >= 11 is 1.81. The number of aromatic nitrogens is 3. The van der Waals surface area contributed by atoms with Crippen LogP contribution >= 0.6 is 11.3 Å². The molecule has 2 aromatic heterocycles. The molecule has 3 aromatic carbocycles. The molecule has 0 aliphatic rings. The number of hydrogen-bond acceptors (Lipinski definition) is 4. The van der Waals surface area contributed by atoms with E-state index in [1.807, 2.05) is 29.5 Å². The predicted octanol–water partition coefficient (Wildman–Crippen LogP) is 6.92. The fraction of sp³-hybridized carbons (Fsp3) is 0.160. The predicted molar refractivity (Wildman–Crippen MR) is 122 cm³/mol. The van der Waals surface area contributed by atoms with E-state index in [1.54, 1.807) is 0 Å². The maximum Gasteiger partial charge on any atom is 0.165 e. The van der Waals surface area contributed by atoms with Crippen molar-refractivity contribution in [2.75, 3.05) is 0 Å². The number of benzene rings is 3. The minimum absolute atomic E-state index is 0.750. The van der Waals surface area contributed by atoms with E-state index in [0.29, 0.717) is 0 Å². The number of thiophene rings is 1. The Hall–Kier alpha value is -3.11. The van der Waals surface area contributed by atoms with E-state index >= 15 is 0 Å². The lowest BCUT2D eigenvalue weighted by Gasteiger charge is -2.08. The number of aryl methyl sites for hydroxylation is 1. The highest BCUT2D eigenvalue weighted by Gasteiger charge is 2.15. The standard InChI is InChI=1S/C25H21N3S/c1-2-3-16-22-26-24(17-10-5-4-6-11-17)28-25(27-22)20-14-9-13-19-18-12-7-8-15-21(18)29-23(19)20/h4-15H,2-3,16H2,1H3. The van der Waals surface area contributed by atoms with Gasteiger partial charge in [-0.25, -0.2) is 15.0 Å². The van der Waals surface area contributed by atoms with E-state index in [2.05, 4.69) is 61.5 Å². The molecule has 0 unspecified atom stereocenters. The van der Waals surface area contributed by atoms with Crippen molar-refractivity contribution < 1.29 is 0 Å². The summed E-state index contributed by atoms with van der Waals surface area (Å²) in [4.78, 5) is 14.5. The highest BCUT2D eigenvalue weighted by Crippen LogP contribution is 2.39. The van der Waals surface area contributed by atoms with Crippen LogP contribution in [0.4, 0.5) is 0 Å². The third-order valence-corrected chi connectivity index (χ3v) is 6.33. The molecule has 3 nitrogen and oxygen atoms in total. The number of nitrogens with zero attached hydrogens (tertiary/aromatic N) is 3. The van der Waals surface area contributed by atoms with Crippen LogP contribution in [0.3, 0.4) is 0 Å². The maximum atomic E-state index is 4.89. The normalized spacial score (nSPS) is 11.3. The van der Waals surface area contributed by atoms with Crippen molar-refractivity contribution in [1.29, 1.82) is 0 Å². The molecule has 0 aliphatic carbocycles. The summed E-state index contributed by atoms with van der Waals surface area (Å²) in [5.74, 6) is 2.38. The summed E-state index contributed by atoms with van der Waals surface area (Å²) in [5.41, 5.74) is 2.11. The summed E-state index contributed by atoms with van der Waals surface area (Å²) in [6.07, 6.45) is 3.06. The molecule has 29 heavy (non-hydrogen) atoms. The average Bonchev–Trinajstić information content (AvgIpc) is 3.17. The van der Waals surface area contributed by atoms with Crippen molar-refractivity contribution in [2.24, 2.45) is 0 Å². The summed E-state index contributed by atoms with van der Waals surface area (Å²) in [6, 6.07) is 25.2. The Balaban J connectivity index is 1.73. The first-order valence-corrected chi connectivity index (χ1v) is 10.9. The summed E-state index contributed by atoms with van der Waals surface area (Å²) in [7, 11) is 0. The van der Waals surface area contributed by atoms with Crippen molar-refractivity contribution in [1.82, 2.24) is 15.0 Å². The Kier molecular flexibility index (Phi) is 4.78. The minimum atomic E-state index is 0.750. The van der Waals surface area contributed by atoms with Gasteiger partial charge in [0.15, 0.2) is 11.6 Å². The molecule has 5 rings (SSSR count). The van der Waals surface area contributed by atoms with Gasteiger partial charge >= 0.3 is 0 Å². The molecule has 0 bridgehead atoms. The monoisotopic (exact) mass is 395 g/mol. The molecule has 0 aliphatic heterocycles. The van der Waals surface area contributed by atoms with E-state index in [4.69, 9.17) is 15.0 Å². The molecule has 0 fully saturated rings. The first-order valence-electron chi connectivity index (χ1n) is 10.0. The lowest BCUT2D eigenvalue weighted by Crippen LogP contribution is -2.03. The lowest BCUT2D eigenvalue weighted by atomic mass is 10.1. The highest BCUT2D eigenvalue weighted by molar-refractivity contribution is 7.26. The van der Waals surface area contributed by atoms with Crippen molar-refractivity contribution in [3.05, 3.63) is 78.6 Å². The lowest BCUT2D eigenvalue weighted by molar-refractivity contribution is 0.748. The Morgan fingerprint density at radius 1 is 0.724 bits per heavy atom. The van der Waals surface area contributed by atoms with E-state index in [1.165, 1.54) is 20.2 Å². The van der Waals surface area contributed by atoms with E-state index in [-0.39, 0.29) is 0 Å². The first kappa shape index (κ1) is 18.0. The quantitative estimate of drug-likeness (QED) is 0.324. The van der Waals surface area contributed by atoms with Crippen molar-refractivity contribution in [2.45, 2.75) is 26.2 Å². The van der Waals surface area contributed by atoms with Gasteiger partial charge in [-0.3, -0.25) is 0 Å². The van der Waals surface area contributed by atoms with Crippen LogP contribution < -0.4 is 0 Å². The molecule has 0 radical (unpaired) electrons. The van der Waals surface area contributed by atoms with Crippen LogP contribution in [0.5, 0.6) is 0 Å². The molecule has 0 amide bonds. The van der Waals surface area contributed by atoms with E-state index in [0.717, 1.165) is 47.9 Å². The Morgan fingerprint density at radius 3 is 2.34 bits per heavy atom. The number of hydrogen-bond donors (Lipinski definition) is 0. The van der Waals surface area contributed by atoms with Crippen molar-refractivity contribution in [3.8, 4) is 22.8 Å². The third kappa shape index (κ3) is 3.40. The fourth-order valence-corrected chi connectivity index (χ4v) is 4.84. The maximum absolute atomic E-state index is 4.89. The average molecular weight is 396 g/mol. The fourth-order valence-electron chi connectivity index (χ4n) is 3.63. The molecule has 0 spiro atoms. The highest BCUT2D eigenvalue weighted by atomic mass is 32.1. The summed E-state index contributed by atoms with van der Waals surface area (Å²) < 4.78 is 2.53. The molecule has 5 aromatic rings. The van der Waals surface area contributed by atoms with Crippen LogP contribution in [0.15, 0.2) is 72.8 Å². The van der Waals surface area contributed by atoms with Gasteiger partial charge in [-0.2, -0.15) is 0 Å². The van der Waals surface area contributed by atoms with Gasteiger partial charge in [-0.15, -0.1) is 11.3 Å². The van der Waals surface area contributed by atoms with Crippen molar-refractivity contribution >= 4 is 31.5 Å². The van der Waals surface area contributed by atoms with Gasteiger partial charge in [0.2, 0.25) is 0 Å². The zero-order valence-corrected chi connectivity index (χ0v) is 17.1. The summed E-state index contributed by atoms with van der Waals surface area (Å²) in [6.45, 7) is 2.19. The molecule has 142 valence electrons. The van der Waals surface area contributed by atoms with Crippen LogP contribution in [-0.4, -0.2) is 15.0 Å². The smallest absolute Gasteiger partial charge is 0.165 e. The van der Waals surface area contributed by atoms with Gasteiger partial charge in [-0.05, 0) is 18.6 Å². The topological polar surface area (TPSA) is 38.7 Å². The SMILES string of the molecule is CCCCc1nc(-c2ccccc2)nc(-c2cccc3c2sc2ccccc23)n1. The zero-order valence-electron chi connectivity index (χ0n) is 16.3. The van der Waals surface area contributed by atoms with Gasteiger partial charge in [0, 0.05) is 37.7 Å². The molecular formula is C25H21N3S. The van der Waals surface area contributed by atoms with Gasteiger partial charge < -0.3 is 0 Å². The third-order valence-electron chi connectivity index (χ3n) is 5.11. The number of unbranched alkanes of at least 4 members (excludes halogenated alkanes) is 1. The Morgan fingerprint density at radius 2 is 1.48 bits per heavy atom. The van der Waals surface area contributed by atoms with Crippen LogP contribution in [0, 0.1) is 0 Å². The largest absolute Gasteiger partial charge is 0.213 e. The van der Waals surface area contributed by atoms with Gasteiger partial charge in [-0.1, -0.05) is 74.0 Å². The molecule has 0 N–H and O–H groups in total. The van der Waals surface area contributed by atoms with Gasteiger partial charge in [0.05, 0.1) is 0 Å². The van der Waals surface area contributed by atoms with Crippen LogP contribution in [0.1, 0.15) is 25.6 Å². The second kappa shape index (κ2) is 7.72. The Bertz CT molecular complexity index is 1290. The molecule has 0 atom stereocenters. The first-order chi connectivity index (χ1) is 14.3. The van der Waals surface area contributed by atoms with Crippen molar-refractivity contribution in [3.63, 3.8) is 0 Å². The molecule has 4 heteroatoms. The minimum Gasteiger partial charge on any atom is -0.213 e. The molecule has 0 saturated heterocycles. The van der Waals surface area contributed by atoms with Gasteiger partial charge in [0.25, 0.3) is 0 Å². The number of fused-ring (bicyclic) bond motifs is 3. The second-order valence-electron chi connectivity index (χ2n) is 7.15. The molecule has 2 heterocycles. The van der Waals surface area contributed by atoms with Crippen LogP contribution in [0.2, 0.25) is 0 Å². The molecule has 0 saturated carbocycles. The van der Waals surface area contributed by atoms with E-state index < -0.39 is 0 Å². The van der Waals surface area contributed by atoms with Crippen LogP contribution in [-0.2, 0) is 6.42 Å². The van der Waals surface area contributed by atoms with Gasteiger partial charge in [0.1, 0.15) is 5.82 Å². The Labute approximate surface area is 174 Å².